The zero-order chi connectivity index (χ0) is 21.9. The highest BCUT2D eigenvalue weighted by Gasteiger charge is 2.37. The number of likely N-dealkylation sites (N-methyl/N-ethyl adjacent to an activating group) is 1. The van der Waals surface area contributed by atoms with Crippen molar-refractivity contribution in [3.63, 3.8) is 0 Å². The van der Waals surface area contributed by atoms with E-state index in [1.54, 1.807) is 12.4 Å². The summed E-state index contributed by atoms with van der Waals surface area (Å²) in [6, 6.07) is 8.23. The first kappa shape index (κ1) is 21.7. The summed E-state index contributed by atoms with van der Waals surface area (Å²) >= 11 is 0. The van der Waals surface area contributed by atoms with E-state index >= 15 is 0 Å². The number of nitrogens with one attached hydrogen (secondary N) is 1. The van der Waals surface area contributed by atoms with Crippen LogP contribution in [0.5, 0.6) is 0 Å². The number of piperazine rings is 1. The SMILES string of the molecule is CC(C)C(C)(C(=N)N=C([OH2+])N1CCN(C)CC1)c1ccc(-c2cnc(N)nc2)cc1. The number of amidine groups is 2. The molecule has 2 aromatic rings. The number of nitrogens with two attached hydrogens (primary N) is 1. The van der Waals surface area contributed by atoms with Crippen LogP contribution in [0.2, 0.25) is 0 Å². The van der Waals surface area contributed by atoms with Gasteiger partial charge in [0.2, 0.25) is 5.95 Å². The van der Waals surface area contributed by atoms with E-state index in [-0.39, 0.29) is 23.7 Å². The predicted octanol–water partition coefficient (Wildman–Crippen LogP) is 1.94. The smallest absolute Gasteiger partial charge is 0.444 e. The lowest BCUT2D eigenvalue weighted by atomic mass is 9.72. The molecule has 3 rings (SSSR count). The van der Waals surface area contributed by atoms with Gasteiger partial charge in [-0.15, -0.1) is 4.99 Å². The fourth-order valence-corrected chi connectivity index (χ4v) is 3.55. The number of aromatic nitrogens is 2. The van der Waals surface area contributed by atoms with Gasteiger partial charge in [-0.2, -0.15) is 0 Å². The van der Waals surface area contributed by atoms with Gasteiger partial charge in [0.1, 0.15) is 5.84 Å². The average Bonchev–Trinajstić information content (AvgIpc) is 2.74. The van der Waals surface area contributed by atoms with E-state index in [4.69, 9.17) is 16.2 Å². The number of nitrogen functional groups attached to an aromatic ring is 1. The minimum Gasteiger partial charge on any atom is -0.565 e. The largest absolute Gasteiger partial charge is 0.565 e. The summed E-state index contributed by atoms with van der Waals surface area (Å²) in [6.45, 7) is 9.55. The number of benzene rings is 1. The van der Waals surface area contributed by atoms with Gasteiger partial charge in [-0.1, -0.05) is 38.1 Å². The Morgan fingerprint density at radius 3 is 2.20 bits per heavy atom. The Hall–Kier alpha value is -3.00. The van der Waals surface area contributed by atoms with Crippen LogP contribution in [0, 0.1) is 11.3 Å². The first-order valence-corrected chi connectivity index (χ1v) is 10.2. The van der Waals surface area contributed by atoms with Crippen LogP contribution in [0.3, 0.4) is 0 Å². The van der Waals surface area contributed by atoms with Crippen molar-refractivity contribution in [3.8, 4) is 11.1 Å². The fourth-order valence-electron chi connectivity index (χ4n) is 3.55. The number of aliphatic imine (C=N–C) groups is 1. The van der Waals surface area contributed by atoms with Crippen LogP contribution >= 0.6 is 0 Å². The Bertz CT molecular complexity index is 900. The van der Waals surface area contributed by atoms with Gasteiger partial charge in [-0.25, -0.2) is 9.97 Å². The molecule has 1 aromatic heterocycles. The second-order valence-electron chi connectivity index (χ2n) is 8.34. The van der Waals surface area contributed by atoms with Crippen molar-refractivity contribution in [2.45, 2.75) is 26.2 Å². The third-order valence-electron chi connectivity index (χ3n) is 6.16. The Labute approximate surface area is 178 Å². The first-order valence-electron chi connectivity index (χ1n) is 10.2. The molecule has 8 nitrogen and oxygen atoms in total. The molecule has 0 radical (unpaired) electrons. The molecule has 1 fully saturated rings. The Kier molecular flexibility index (Phi) is 6.36. The van der Waals surface area contributed by atoms with Crippen molar-refractivity contribution in [2.75, 3.05) is 39.0 Å². The Balaban J connectivity index is 1.85. The van der Waals surface area contributed by atoms with Crippen molar-refractivity contribution in [2.24, 2.45) is 10.9 Å². The van der Waals surface area contributed by atoms with E-state index in [0.717, 1.165) is 42.9 Å². The molecule has 0 spiro atoms. The number of hydrogen-bond donors (Lipinski definition) is 2. The summed E-state index contributed by atoms with van der Waals surface area (Å²) in [7, 11) is 2.08. The quantitative estimate of drug-likeness (QED) is 0.454. The molecule has 8 heteroatoms. The summed E-state index contributed by atoms with van der Waals surface area (Å²) in [5, 5.41) is 17.2. The van der Waals surface area contributed by atoms with Gasteiger partial charge in [0.05, 0.1) is 5.41 Å². The number of hydrogen-bond acceptors (Lipinski definition) is 5. The lowest BCUT2D eigenvalue weighted by Gasteiger charge is -2.34. The molecule has 0 aliphatic carbocycles. The summed E-state index contributed by atoms with van der Waals surface area (Å²) in [4.78, 5) is 16.7. The molecule has 2 heterocycles. The molecule has 160 valence electrons. The van der Waals surface area contributed by atoms with Gasteiger partial charge in [0.15, 0.2) is 0 Å². The van der Waals surface area contributed by atoms with Crippen LogP contribution in [-0.2, 0) is 5.41 Å². The van der Waals surface area contributed by atoms with Gasteiger partial charge >= 0.3 is 6.02 Å². The van der Waals surface area contributed by atoms with E-state index in [1.807, 2.05) is 36.1 Å². The van der Waals surface area contributed by atoms with Crippen molar-refractivity contribution in [1.82, 2.24) is 19.8 Å². The maximum Gasteiger partial charge on any atom is 0.444 e. The predicted molar refractivity (Wildman–Crippen MR) is 122 cm³/mol. The number of nitrogens with zero attached hydrogens (tertiary/aromatic N) is 5. The molecule has 1 atom stereocenters. The van der Waals surface area contributed by atoms with Crippen LogP contribution in [0.25, 0.3) is 11.1 Å². The van der Waals surface area contributed by atoms with Crippen LogP contribution in [0.4, 0.5) is 5.95 Å². The molecule has 5 N–H and O–H groups in total. The van der Waals surface area contributed by atoms with Gasteiger partial charge in [-0.3, -0.25) is 10.3 Å². The van der Waals surface area contributed by atoms with E-state index in [2.05, 4.69) is 40.8 Å². The standard InChI is InChI=1S/C22H31N7O/c1-15(2)22(3,19(23)27-21(30)29-11-9-28(4)10-12-29)18-7-5-16(6-8-18)17-13-25-20(24)26-14-17/h5-8,13-15H,9-12H2,1-4H3,(H2,23,27,30)(H2,24,25,26)/p+1. The normalized spacial score (nSPS) is 17.8. The molecular formula is C22H32N7O+. The molecule has 0 saturated carbocycles. The highest BCUT2D eigenvalue weighted by molar-refractivity contribution is 5.98. The molecule has 1 aliphatic heterocycles. The summed E-state index contributed by atoms with van der Waals surface area (Å²) in [5.74, 6) is 0.602. The van der Waals surface area contributed by atoms with Crippen molar-refractivity contribution in [3.05, 3.63) is 42.2 Å². The minimum absolute atomic E-state index is 0.139. The Morgan fingerprint density at radius 2 is 1.67 bits per heavy atom. The van der Waals surface area contributed by atoms with E-state index < -0.39 is 5.41 Å². The van der Waals surface area contributed by atoms with Crippen molar-refractivity contribution in [1.29, 1.82) is 5.41 Å². The third kappa shape index (κ3) is 4.43. The Morgan fingerprint density at radius 1 is 1.10 bits per heavy atom. The molecular weight excluding hydrogens is 378 g/mol. The number of anilines is 1. The van der Waals surface area contributed by atoms with E-state index in [9.17, 15) is 0 Å². The van der Waals surface area contributed by atoms with Crippen LogP contribution in [0.1, 0.15) is 26.3 Å². The lowest BCUT2D eigenvalue weighted by Crippen LogP contribution is -2.48. The second kappa shape index (κ2) is 8.79. The highest BCUT2D eigenvalue weighted by Crippen LogP contribution is 2.35. The molecule has 0 bridgehead atoms. The van der Waals surface area contributed by atoms with Gasteiger partial charge in [0.25, 0.3) is 0 Å². The summed E-state index contributed by atoms with van der Waals surface area (Å²) in [6.07, 6.45) is 3.40. The topological polar surface area (TPSA) is 117 Å². The van der Waals surface area contributed by atoms with Crippen molar-refractivity contribution >= 4 is 17.8 Å². The van der Waals surface area contributed by atoms with Crippen molar-refractivity contribution < 1.29 is 5.11 Å². The summed E-state index contributed by atoms with van der Waals surface area (Å²) in [5.41, 5.74) is 7.84. The van der Waals surface area contributed by atoms with E-state index in [1.165, 1.54) is 0 Å². The zero-order valence-electron chi connectivity index (χ0n) is 18.2. The minimum atomic E-state index is -0.602. The third-order valence-corrected chi connectivity index (χ3v) is 6.16. The molecule has 0 amide bonds. The summed E-state index contributed by atoms with van der Waals surface area (Å²) < 4.78 is 0. The van der Waals surface area contributed by atoms with Crippen LogP contribution in [-0.4, -0.2) is 70.0 Å². The van der Waals surface area contributed by atoms with Crippen LogP contribution in [0.15, 0.2) is 41.7 Å². The lowest BCUT2D eigenvalue weighted by molar-refractivity contribution is 0.194. The average molecular weight is 411 g/mol. The first-order chi connectivity index (χ1) is 14.2. The molecule has 1 aliphatic rings. The van der Waals surface area contributed by atoms with Crippen LogP contribution < -0.4 is 5.73 Å². The highest BCUT2D eigenvalue weighted by atomic mass is 16.3. The molecule has 1 unspecified atom stereocenters. The maximum atomic E-state index is 8.76. The number of rotatable bonds is 4. The second-order valence-corrected chi connectivity index (χ2v) is 8.34. The monoisotopic (exact) mass is 410 g/mol. The molecule has 30 heavy (non-hydrogen) atoms. The zero-order valence-corrected chi connectivity index (χ0v) is 18.2. The van der Waals surface area contributed by atoms with Gasteiger partial charge in [-0.05, 0) is 31.0 Å². The maximum absolute atomic E-state index is 8.76. The molecule has 1 saturated heterocycles. The van der Waals surface area contributed by atoms with Gasteiger partial charge in [0, 0.05) is 44.1 Å². The van der Waals surface area contributed by atoms with Gasteiger partial charge < -0.3 is 15.7 Å². The fraction of sp³-hybridized carbons (Fsp3) is 0.455. The van der Waals surface area contributed by atoms with E-state index in [0.29, 0.717) is 0 Å². The molecule has 1 aromatic carbocycles.